The molecule has 0 aromatic carbocycles. The van der Waals surface area contributed by atoms with Gasteiger partial charge in [-0.1, -0.05) is 0 Å². The molecular weight excluding hydrogens is 269 g/mol. The summed E-state index contributed by atoms with van der Waals surface area (Å²) in [6, 6.07) is 0.0600. The van der Waals surface area contributed by atoms with E-state index in [0.717, 1.165) is 31.2 Å². The molecule has 0 unspecified atom stereocenters. The topological polar surface area (TPSA) is 67.8 Å². The van der Waals surface area contributed by atoms with Crippen LogP contribution in [0.4, 0.5) is 4.79 Å². The molecule has 1 amide bonds. The van der Waals surface area contributed by atoms with E-state index in [4.69, 9.17) is 14.4 Å². The molecule has 1 saturated carbocycles. The maximum atomic E-state index is 10.7. The molecule has 1 aliphatic heterocycles. The quantitative estimate of drug-likeness (QED) is 0.785. The van der Waals surface area contributed by atoms with Crippen LogP contribution in [-0.2, 0) is 9.31 Å². The lowest BCUT2D eigenvalue weighted by Crippen LogP contribution is -2.41. The van der Waals surface area contributed by atoms with Crippen LogP contribution in [0.25, 0.3) is 0 Å². The number of hydrogen-bond donors (Lipinski definition) is 2. The number of allylic oxidation sites excluding steroid dienone is 1. The summed E-state index contributed by atoms with van der Waals surface area (Å²) in [5.41, 5.74) is 0.299. The molecule has 2 N–H and O–H groups in total. The van der Waals surface area contributed by atoms with Crippen molar-refractivity contribution in [3.63, 3.8) is 0 Å². The molecule has 0 spiro atoms. The Morgan fingerprint density at radius 2 is 1.62 bits per heavy atom. The SMILES string of the molecule is C=C(B1OC(C)(C)C(C)(C)O1)C1CCC(NC(=O)O)CC1. The second-order valence-corrected chi connectivity index (χ2v) is 7.16. The zero-order valence-electron chi connectivity index (χ0n) is 13.4. The van der Waals surface area contributed by atoms with E-state index >= 15 is 0 Å². The van der Waals surface area contributed by atoms with E-state index in [2.05, 4.69) is 11.9 Å². The van der Waals surface area contributed by atoms with E-state index in [1.165, 1.54) is 0 Å². The fraction of sp³-hybridized carbons (Fsp3) is 0.800. The van der Waals surface area contributed by atoms with Gasteiger partial charge in [0.05, 0.1) is 11.2 Å². The number of hydrogen-bond acceptors (Lipinski definition) is 3. The van der Waals surface area contributed by atoms with Gasteiger partial charge in [-0.15, -0.1) is 6.58 Å². The molecule has 1 heterocycles. The van der Waals surface area contributed by atoms with Crippen LogP contribution in [0.1, 0.15) is 53.4 Å². The van der Waals surface area contributed by atoms with Crippen LogP contribution in [-0.4, -0.2) is 35.6 Å². The summed E-state index contributed by atoms with van der Waals surface area (Å²) in [4.78, 5) is 10.7. The summed E-state index contributed by atoms with van der Waals surface area (Å²) in [6.07, 6.45) is 2.59. The minimum absolute atomic E-state index is 0.0600. The lowest BCUT2D eigenvalue weighted by Gasteiger charge is -2.32. The third-order valence-electron chi connectivity index (χ3n) is 5.14. The molecule has 0 radical (unpaired) electrons. The number of carbonyl (C=O) groups is 1. The van der Waals surface area contributed by atoms with E-state index in [9.17, 15) is 4.79 Å². The summed E-state index contributed by atoms with van der Waals surface area (Å²) >= 11 is 0. The van der Waals surface area contributed by atoms with Crippen molar-refractivity contribution in [2.24, 2.45) is 5.92 Å². The normalized spacial score (nSPS) is 31.0. The van der Waals surface area contributed by atoms with Gasteiger partial charge in [0.1, 0.15) is 0 Å². The van der Waals surface area contributed by atoms with E-state index in [-0.39, 0.29) is 24.4 Å². The van der Waals surface area contributed by atoms with Crippen molar-refractivity contribution in [3.8, 4) is 0 Å². The van der Waals surface area contributed by atoms with Gasteiger partial charge in [0.25, 0.3) is 0 Å². The summed E-state index contributed by atoms with van der Waals surface area (Å²) in [6.45, 7) is 12.3. The van der Waals surface area contributed by atoms with Crippen molar-refractivity contribution < 1.29 is 19.2 Å². The lowest BCUT2D eigenvalue weighted by molar-refractivity contribution is 0.00578. The van der Waals surface area contributed by atoms with Gasteiger partial charge in [-0.05, 0) is 64.8 Å². The average molecular weight is 295 g/mol. The number of amides is 1. The van der Waals surface area contributed by atoms with Crippen molar-refractivity contribution in [1.29, 1.82) is 0 Å². The zero-order valence-corrected chi connectivity index (χ0v) is 13.4. The smallest absolute Gasteiger partial charge is 0.465 e. The fourth-order valence-electron chi connectivity index (χ4n) is 2.97. The summed E-state index contributed by atoms with van der Waals surface area (Å²) in [7, 11) is -0.357. The fourth-order valence-corrected chi connectivity index (χ4v) is 2.97. The van der Waals surface area contributed by atoms with Crippen molar-refractivity contribution >= 4 is 13.2 Å². The first kappa shape index (κ1) is 16.4. The highest BCUT2D eigenvalue weighted by atomic mass is 16.7. The highest BCUT2D eigenvalue weighted by Crippen LogP contribution is 2.41. The summed E-state index contributed by atoms with van der Waals surface area (Å²) in [5.74, 6) is 0.339. The maximum Gasteiger partial charge on any atom is 0.490 e. The third kappa shape index (κ3) is 3.43. The molecule has 0 aromatic heterocycles. The third-order valence-corrected chi connectivity index (χ3v) is 5.14. The predicted molar refractivity (Wildman–Crippen MR) is 82.1 cm³/mol. The number of carboxylic acid groups (broad SMARTS) is 1. The maximum absolute atomic E-state index is 10.7. The predicted octanol–water partition coefficient (Wildman–Crippen LogP) is 3.00. The highest BCUT2D eigenvalue weighted by molar-refractivity contribution is 6.54. The minimum atomic E-state index is -0.941. The van der Waals surface area contributed by atoms with Crippen LogP contribution in [0.5, 0.6) is 0 Å². The Bertz CT molecular complexity index is 411. The number of rotatable bonds is 3. The molecule has 21 heavy (non-hydrogen) atoms. The Morgan fingerprint density at radius 3 is 2.05 bits per heavy atom. The van der Waals surface area contributed by atoms with Gasteiger partial charge >= 0.3 is 13.2 Å². The molecule has 5 nitrogen and oxygen atoms in total. The van der Waals surface area contributed by atoms with E-state index in [1.807, 2.05) is 27.7 Å². The van der Waals surface area contributed by atoms with Gasteiger partial charge in [0.2, 0.25) is 0 Å². The van der Waals surface area contributed by atoms with Crippen LogP contribution in [0, 0.1) is 5.92 Å². The second-order valence-electron chi connectivity index (χ2n) is 7.16. The van der Waals surface area contributed by atoms with Gasteiger partial charge < -0.3 is 19.7 Å². The second kappa shape index (κ2) is 5.65. The Hall–Kier alpha value is -1.01. The molecule has 2 aliphatic rings. The van der Waals surface area contributed by atoms with Crippen LogP contribution in [0.3, 0.4) is 0 Å². The van der Waals surface area contributed by atoms with Crippen LogP contribution >= 0.6 is 0 Å². The molecule has 1 aliphatic carbocycles. The number of nitrogens with one attached hydrogen (secondary N) is 1. The molecule has 6 heteroatoms. The van der Waals surface area contributed by atoms with E-state index in [1.54, 1.807) is 0 Å². The van der Waals surface area contributed by atoms with Crippen molar-refractivity contribution in [2.45, 2.75) is 70.6 Å². The molecule has 2 fully saturated rings. The Morgan fingerprint density at radius 1 is 1.14 bits per heavy atom. The first-order valence-electron chi connectivity index (χ1n) is 7.66. The Labute approximate surface area is 127 Å². The van der Waals surface area contributed by atoms with Gasteiger partial charge in [0, 0.05) is 6.04 Å². The molecule has 0 bridgehead atoms. The van der Waals surface area contributed by atoms with Crippen molar-refractivity contribution in [3.05, 3.63) is 12.1 Å². The van der Waals surface area contributed by atoms with Gasteiger partial charge in [-0.25, -0.2) is 4.79 Å². The minimum Gasteiger partial charge on any atom is -0.465 e. The highest BCUT2D eigenvalue weighted by Gasteiger charge is 2.52. The van der Waals surface area contributed by atoms with Crippen LogP contribution in [0.15, 0.2) is 12.1 Å². The standard InChI is InChI=1S/C15H26BNO4/c1-10(16-20-14(2,3)15(4,5)21-16)11-6-8-12(9-7-11)17-13(18)19/h11-12,17H,1,6-9H2,2-5H3,(H,18,19). The van der Waals surface area contributed by atoms with E-state index in [0.29, 0.717) is 5.92 Å². The van der Waals surface area contributed by atoms with Crippen LogP contribution in [0.2, 0.25) is 0 Å². The molecule has 0 aromatic rings. The van der Waals surface area contributed by atoms with Crippen molar-refractivity contribution in [1.82, 2.24) is 5.32 Å². The molecule has 0 atom stereocenters. The van der Waals surface area contributed by atoms with Crippen molar-refractivity contribution in [2.75, 3.05) is 0 Å². The summed E-state index contributed by atoms with van der Waals surface area (Å²) < 4.78 is 12.1. The van der Waals surface area contributed by atoms with Gasteiger partial charge in [-0.3, -0.25) is 0 Å². The largest absolute Gasteiger partial charge is 0.490 e. The molecule has 2 rings (SSSR count). The zero-order chi connectivity index (χ0) is 15.8. The van der Waals surface area contributed by atoms with Gasteiger partial charge in [0.15, 0.2) is 0 Å². The van der Waals surface area contributed by atoms with Crippen LogP contribution < -0.4 is 5.32 Å². The molecular formula is C15H26BNO4. The average Bonchev–Trinajstić information content (AvgIpc) is 2.58. The molecule has 118 valence electrons. The first-order chi connectivity index (χ1) is 9.62. The first-order valence-corrected chi connectivity index (χ1v) is 7.66. The molecule has 1 saturated heterocycles. The Balaban J connectivity index is 1.90. The summed E-state index contributed by atoms with van der Waals surface area (Å²) in [5, 5.41) is 11.3. The van der Waals surface area contributed by atoms with Gasteiger partial charge in [-0.2, -0.15) is 0 Å². The lowest BCUT2D eigenvalue weighted by atomic mass is 9.67. The Kier molecular flexibility index (Phi) is 4.40. The van der Waals surface area contributed by atoms with E-state index < -0.39 is 6.09 Å². The monoisotopic (exact) mass is 295 g/mol.